The fourth-order valence-electron chi connectivity index (χ4n) is 1.89. The molecule has 1 fully saturated rings. The molecule has 9 heteroatoms. The van der Waals surface area contributed by atoms with E-state index in [1.807, 2.05) is 0 Å². The predicted molar refractivity (Wildman–Crippen MR) is 60.7 cm³/mol. The Morgan fingerprint density at radius 2 is 2.12 bits per heavy atom. The molecule has 2 atom stereocenters. The van der Waals surface area contributed by atoms with E-state index >= 15 is 0 Å². The highest BCUT2D eigenvalue weighted by atomic mass is 32.2. The molecule has 0 saturated carbocycles. The molecule has 1 amide bonds. The van der Waals surface area contributed by atoms with Crippen molar-refractivity contribution in [3.05, 3.63) is 12.7 Å². The lowest BCUT2D eigenvalue weighted by atomic mass is 10.0. The molecule has 0 aromatic carbocycles. The molecule has 1 aliphatic rings. The molecule has 0 radical (unpaired) electrons. The smallest absolute Gasteiger partial charge is 0.271 e. The molecule has 1 aliphatic heterocycles. The van der Waals surface area contributed by atoms with Crippen molar-refractivity contribution in [2.75, 3.05) is 11.5 Å². The molecule has 0 spiro atoms. The van der Waals surface area contributed by atoms with Gasteiger partial charge in [-0.2, -0.15) is 8.42 Å². The third-order valence-corrected chi connectivity index (χ3v) is 6.09. The van der Waals surface area contributed by atoms with E-state index in [-0.39, 0.29) is 0 Å². The van der Waals surface area contributed by atoms with Crippen molar-refractivity contribution in [3.63, 3.8) is 0 Å². The summed E-state index contributed by atoms with van der Waals surface area (Å²) < 4.78 is 54.1. The first-order chi connectivity index (χ1) is 7.50. The SMILES string of the molecule is C=CC(=O)N[C@@]1(C)CS(=O)(=O)C[C@@H]1S(=O)(=O)O. The summed E-state index contributed by atoms with van der Waals surface area (Å²) >= 11 is 0. The van der Waals surface area contributed by atoms with Gasteiger partial charge in [-0.15, -0.1) is 0 Å². The first-order valence-electron chi connectivity index (χ1n) is 4.61. The lowest BCUT2D eigenvalue weighted by molar-refractivity contribution is -0.117. The summed E-state index contributed by atoms with van der Waals surface area (Å²) in [5, 5.41) is 0.676. The highest BCUT2D eigenvalue weighted by Crippen LogP contribution is 2.28. The Balaban J connectivity index is 3.19. The third-order valence-electron chi connectivity index (χ3n) is 2.59. The zero-order valence-electron chi connectivity index (χ0n) is 9.08. The van der Waals surface area contributed by atoms with Gasteiger partial charge in [0.2, 0.25) is 5.91 Å². The van der Waals surface area contributed by atoms with Crippen molar-refractivity contribution in [1.82, 2.24) is 5.32 Å². The fourth-order valence-corrected chi connectivity index (χ4v) is 6.24. The maximum atomic E-state index is 11.4. The van der Waals surface area contributed by atoms with Gasteiger partial charge in [0.05, 0.1) is 17.0 Å². The van der Waals surface area contributed by atoms with Crippen LogP contribution in [0.5, 0.6) is 0 Å². The number of amides is 1. The van der Waals surface area contributed by atoms with Crippen LogP contribution in [0.3, 0.4) is 0 Å². The molecule has 2 N–H and O–H groups in total. The van der Waals surface area contributed by atoms with Crippen LogP contribution in [0, 0.1) is 0 Å². The van der Waals surface area contributed by atoms with Gasteiger partial charge >= 0.3 is 0 Å². The Hall–Kier alpha value is -0.930. The Morgan fingerprint density at radius 3 is 2.53 bits per heavy atom. The second-order valence-electron chi connectivity index (χ2n) is 4.17. The van der Waals surface area contributed by atoms with Gasteiger partial charge in [0.25, 0.3) is 10.1 Å². The second-order valence-corrected chi connectivity index (χ2v) is 7.88. The number of hydrogen-bond donors (Lipinski definition) is 2. The predicted octanol–water partition coefficient (Wildman–Crippen LogP) is -1.27. The molecule has 17 heavy (non-hydrogen) atoms. The minimum atomic E-state index is -4.56. The molecule has 0 aliphatic carbocycles. The Labute approximate surface area is 99.6 Å². The van der Waals surface area contributed by atoms with E-state index in [1.165, 1.54) is 6.92 Å². The normalized spacial score (nSPS) is 32.0. The van der Waals surface area contributed by atoms with Crippen LogP contribution < -0.4 is 5.32 Å². The maximum Gasteiger partial charge on any atom is 0.271 e. The number of rotatable bonds is 3. The Morgan fingerprint density at radius 1 is 1.59 bits per heavy atom. The van der Waals surface area contributed by atoms with Gasteiger partial charge in [0.15, 0.2) is 9.84 Å². The summed E-state index contributed by atoms with van der Waals surface area (Å²) in [6, 6.07) is 0. The number of hydrogen-bond acceptors (Lipinski definition) is 5. The van der Waals surface area contributed by atoms with E-state index in [2.05, 4.69) is 11.9 Å². The lowest BCUT2D eigenvalue weighted by Gasteiger charge is -2.28. The standard InChI is InChI=1S/C8H13NO6S2/c1-3-7(10)9-8(2)5-16(11,12)4-6(8)17(13,14)15/h3,6H,1,4-5H2,2H3,(H,9,10)(H,13,14,15)/t6-,8-/m0/s1. The Bertz CT molecular complexity index is 549. The summed E-state index contributed by atoms with van der Waals surface area (Å²) in [5.74, 6) is -1.94. The van der Waals surface area contributed by atoms with Crippen LogP contribution in [0.4, 0.5) is 0 Å². The van der Waals surface area contributed by atoms with E-state index in [9.17, 15) is 21.6 Å². The lowest BCUT2D eigenvalue weighted by Crippen LogP contribution is -2.56. The maximum absolute atomic E-state index is 11.4. The molecule has 0 unspecified atom stereocenters. The zero-order chi connectivity index (χ0) is 13.5. The molecule has 0 bridgehead atoms. The van der Waals surface area contributed by atoms with Gasteiger partial charge in [0.1, 0.15) is 5.25 Å². The molecular weight excluding hydrogens is 270 g/mol. The van der Waals surface area contributed by atoms with Crippen LogP contribution in [-0.4, -0.2) is 49.6 Å². The number of nitrogens with one attached hydrogen (secondary N) is 1. The van der Waals surface area contributed by atoms with Crippen LogP contribution in [0.2, 0.25) is 0 Å². The summed E-state index contributed by atoms with van der Waals surface area (Å²) in [4.78, 5) is 11.2. The largest absolute Gasteiger partial charge is 0.345 e. The van der Waals surface area contributed by atoms with E-state index < -0.39 is 48.2 Å². The van der Waals surface area contributed by atoms with Gasteiger partial charge in [0, 0.05) is 0 Å². The molecule has 1 heterocycles. The van der Waals surface area contributed by atoms with E-state index in [0.717, 1.165) is 6.08 Å². The molecule has 7 nitrogen and oxygen atoms in total. The van der Waals surface area contributed by atoms with Gasteiger partial charge in [-0.25, -0.2) is 8.42 Å². The monoisotopic (exact) mass is 283 g/mol. The first kappa shape index (κ1) is 14.1. The average Bonchev–Trinajstić information content (AvgIpc) is 2.35. The van der Waals surface area contributed by atoms with Crippen LogP contribution in [0.25, 0.3) is 0 Å². The summed E-state index contributed by atoms with van der Waals surface area (Å²) in [6.07, 6.45) is 0.900. The second kappa shape index (κ2) is 4.07. The molecular formula is C8H13NO6S2. The van der Waals surface area contributed by atoms with Crippen molar-refractivity contribution < 1.29 is 26.2 Å². The minimum Gasteiger partial charge on any atom is -0.345 e. The van der Waals surface area contributed by atoms with Gasteiger partial charge in [-0.1, -0.05) is 6.58 Å². The third kappa shape index (κ3) is 3.05. The van der Waals surface area contributed by atoms with Crippen molar-refractivity contribution in [1.29, 1.82) is 0 Å². The van der Waals surface area contributed by atoms with Crippen molar-refractivity contribution in [2.45, 2.75) is 17.7 Å². The minimum absolute atomic E-state index is 0.538. The highest BCUT2D eigenvalue weighted by Gasteiger charge is 2.53. The first-order valence-corrected chi connectivity index (χ1v) is 7.94. The van der Waals surface area contributed by atoms with Crippen LogP contribution in [0.15, 0.2) is 12.7 Å². The Kier molecular flexibility index (Phi) is 3.38. The van der Waals surface area contributed by atoms with E-state index in [4.69, 9.17) is 4.55 Å². The van der Waals surface area contributed by atoms with Crippen LogP contribution >= 0.6 is 0 Å². The zero-order valence-corrected chi connectivity index (χ0v) is 10.7. The summed E-state index contributed by atoms with van der Waals surface area (Å²) in [7, 11) is -8.19. The van der Waals surface area contributed by atoms with Crippen molar-refractivity contribution in [2.24, 2.45) is 0 Å². The highest BCUT2D eigenvalue weighted by molar-refractivity contribution is 7.94. The molecule has 98 valence electrons. The van der Waals surface area contributed by atoms with Gasteiger partial charge < -0.3 is 5.32 Å². The summed E-state index contributed by atoms with van der Waals surface area (Å²) in [5.41, 5.74) is -1.54. The molecule has 0 aromatic rings. The average molecular weight is 283 g/mol. The van der Waals surface area contributed by atoms with E-state index in [0.29, 0.717) is 0 Å². The molecule has 1 rings (SSSR count). The van der Waals surface area contributed by atoms with E-state index in [1.54, 1.807) is 0 Å². The molecule has 1 saturated heterocycles. The van der Waals surface area contributed by atoms with Crippen LogP contribution in [0.1, 0.15) is 6.92 Å². The van der Waals surface area contributed by atoms with Crippen molar-refractivity contribution >= 4 is 25.9 Å². The van der Waals surface area contributed by atoms with Gasteiger partial charge in [-0.05, 0) is 13.0 Å². The van der Waals surface area contributed by atoms with Gasteiger partial charge in [-0.3, -0.25) is 9.35 Å². The number of sulfone groups is 1. The molecule has 0 aromatic heterocycles. The number of carbonyl (C=O) groups is 1. The van der Waals surface area contributed by atoms with Crippen molar-refractivity contribution in [3.8, 4) is 0 Å². The number of carbonyl (C=O) groups excluding carboxylic acids is 1. The fraction of sp³-hybridized carbons (Fsp3) is 0.625. The topological polar surface area (TPSA) is 118 Å². The van der Waals surface area contributed by atoms with Crippen LogP contribution in [-0.2, 0) is 24.7 Å². The summed E-state index contributed by atoms with van der Waals surface area (Å²) in [6.45, 7) is 4.45. The quantitative estimate of drug-likeness (QED) is 0.492.